The number of nitriles is 1. The van der Waals surface area contributed by atoms with Gasteiger partial charge in [0.05, 0.1) is 23.5 Å². The van der Waals surface area contributed by atoms with Crippen LogP contribution >= 0.6 is 0 Å². The molecule has 0 saturated carbocycles. The lowest BCUT2D eigenvalue weighted by Gasteiger charge is -2.22. The summed E-state index contributed by atoms with van der Waals surface area (Å²) in [4.78, 5) is 18.4. The quantitative estimate of drug-likeness (QED) is 0.853. The highest BCUT2D eigenvalue weighted by Gasteiger charge is 2.17. The van der Waals surface area contributed by atoms with Gasteiger partial charge in [-0.15, -0.1) is 0 Å². The Hall–Kier alpha value is -2.35. The zero-order chi connectivity index (χ0) is 14.7. The molecule has 0 N–H and O–H groups in total. The number of likely N-dealkylation sites (N-methyl/N-ethyl adjacent to an activating group) is 1. The number of para-hydroxylation sites is 2. The van der Waals surface area contributed by atoms with Crippen LogP contribution in [0, 0.1) is 11.3 Å². The third-order valence-corrected chi connectivity index (χ3v) is 3.43. The molecule has 5 heteroatoms. The molecule has 0 saturated heterocycles. The average molecular weight is 270 g/mol. The molecule has 0 bridgehead atoms. The maximum Gasteiger partial charge on any atom is 0.242 e. The summed E-state index contributed by atoms with van der Waals surface area (Å²) < 4.78 is 1.83. The van der Waals surface area contributed by atoms with Gasteiger partial charge in [-0.05, 0) is 26.0 Å². The molecule has 2 aromatic rings. The van der Waals surface area contributed by atoms with E-state index in [0.717, 1.165) is 11.0 Å². The van der Waals surface area contributed by atoms with Crippen LogP contribution in [-0.2, 0) is 17.8 Å². The number of carbonyl (C=O) groups is 1. The van der Waals surface area contributed by atoms with Crippen LogP contribution in [0.25, 0.3) is 11.0 Å². The topological polar surface area (TPSA) is 61.9 Å². The van der Waals surface area contributed by atoms with Crippen LogP contribution in [0.2, 0.25) is 0 Å². The van der Waals surface area contributed by atoms with Gasteiger partial charge in [-0.3, -0.25) is 4.79 Å². The van der Waals surface area contributed by atoms with Crippen LogP contribution in [0.1, 0.15) is 19.7 Å². The second-order valence-corrected chi connectivity index (χ2v) is 5.04. The summed E-state index contributed by atoms with van der Waals surface area (Å²) in [7, 11) is 1.79. The molecule has 1 heterocycles. The van der Waals surface area contributed by atoms with E-state index in [1.54, 1.807) is 11.9 Å². The second-order valence-electron chi connectivity index (χ2n) is 5.04. The molecule has 0 spiro atoms. The summed E-state index contributed by atoms with van der Waals surface area (Å²) in [6, 6.07) is 9.88. The largest absolute Gasteiger partial charge is 0.342 e. The van der Waals surface area contributed by atoms with Gasteiger partial charge in [0.1, 0.15) is 12.4 Å². The van der Waals surface area contributed by atoms with Crippen LogP contribution in [0.5, 0.6) is 0 Å². The second kappa shape index (κ2) is 5.74. The molecule has 0 aliphatic heterocycles. The number of fused-ring (bicyclic) bond motifs is 1. The number of benzene rings is 1. The first kappa shape index (κ1) is 14.1. The molecular formula is C15H18N4O. The zero-order valence-electron chi connectivity index (χ0n) is 12.0. The molecule has 0 atom stereocenters. The van der Waals surface area contributed by atoms with E-state index >= 15 is 0 Å². The minimum absolute atomic E-state index is 0.0161. The molecule has 0 aliphatic carbocycles. The summed E-state index contributed by atoms with van der Waals surface area (Å²) >= 11 is 0. The third kappa shape index (κ3) is 2.64. The van der Waals surface area contributed by atoms with Crippen molar-refractivity contribution in [2.24, 2.45) is 0 Å². The van der Waals surface area contributed by atoms with Crippen molar-refractivity contribution in [2.45, 2.75) is 32.9 Å². The predicted octanol–water partition coefficient (Wildman–Crippen LogP) is 1.97. The van der Waals surface area contributed by atoms with Gasteiger partial charge in [-0.1, -0.05) is 12.1 Å². The zero-order valence-corrected chi connectivity index (χ0v) is 12.0. The van der Waals surface area contributed by atoms with Gasteiger partial charge in [0, 0.05) is 13.1 Å². The number of carbonyl (C=O) groups excluding carboxylic acids is 1. The van der Waals surface area contributed by atoms with Crippen molar-refractivity contribution in [1.82, 2.24) is 14.5 Å². The van der Waals surface area contributed by atoms with Crippen LogP contribution in [0.15, 0.2) is 24.3 Å². The first-order chi connectivity index (χ1) is 9.54. The molecule has 20 heavy (non-hydrogen) atoms. The Kier molecular flexibility index (Phi) is 4.04. The van der Waals surface area contributed by atoms with Gasteiger partial charge in [0.25, 0.3) is 0 Å². The molecule has 104 valence electrons. The molecule has 1 aromatic carbocycles. The highest BCUT2D eigenvalue weighted by Crippen LogP contribution is 2.16. The van der Waals surface area contributed by atoms with Crippen LogP contribution < -0.4 is 0 Å². The average Bonchev–Trinajstić information content (AvgIpc) is 2.76. The fourth-order valence-electron chi connectivity index (χ4n) is 2.04. The fourth-order valence-corrected chi connectivity index (χ4v) is 2.04. The lowest BCUT2D eigenvalue weighted by atomic mass is 10.3. The van der Waals surface area contributed by atoms with E-state index in [1.807, 2.05) is 42.7 Å². The summed E-state index contributed by atoms with van der Waals surface area (Å²) in [5.41, 5.74) is 1.71. The van der Waals surface area contributed by atoms with Crippen molar-refractivity contribution in [2.75, 3.05) is 7.05 Å². The maximum atomic E-state index is 12.2. The van der Waals surface area contributed by atoms with Gasteiger partial charge >= 0.3 is 0 Å². The maximum absolute atomic E-state index is 12.2. The number of hydrogen-bond donors (Lipinski definition) is 0. The minimum atomic E-state index is 0.0161. The van der Waals surface area contributed by atoms with Crippen molar-refractivity contribution in [3.63, 3.8) is 0 Å². The SMILES string of the molecule is CC(C)N(C)C(=O)Cn1c(CC#N)nc2ccccc21. The van der Waals surface area contributed by atoms with Crippen molar-refractivity contribution < 1.29 is 4.79 Å². The van der Waals surface area contributed by atoms with Crippen LogP contribution in [0.3, 0.4) is 0 Å². The normalized spacial score (nSPS) is 10.8. The van der Waals surface area contributed by atoms with E-state index in [1.165, 1.54) is 0 Å². The standard InChI is InChI=1S/C15H18N4O/c1-11(2)18(3)15(20)10-19-13-7-5-4-6-12(13)17-14(19)8-9-16/h4-7,11H,8,10H2,1-3H3. The number of aromatic nitrogens is 2. The van der Waals surface area contributed by atoms with Crippen molar-refractivity contribution in [3.8, 4) is 6.07 Å². The Morgan fingerprint density at radius 2 is 2.15 bits per heavy atom. The van der Waals surface area contributed by atoms with E-state index in [9.17, 15) is 4.79 Å². The summed E-state index contributed by atoms with van der Waals surface area (Å²) in [5.74, 6) is 0.654. The molecule has 0 radical (unpaired) electrons. The Labute approximate surface area is 118 Å². The predicted molar refractivity (Wildman–Crippen MR) is 77.0 cm³/mol. The van der Waals surface area contributed by atoms with E-state index < -0.39 is 0 Å². The van der Waals surface area contributed by atoms with Gasteiger partial charge in [-0.2, -0.15) is 5.26 Å². The van der Waals surface area contributed by atoms with Gasteiger partial charge in [0.15, 0.2) is 0 Å². The smallest absolute Gasteiger partial charge is 0.242 e. The van der Waals surface area contributed by atoms with Gasteiger partial charge < -0.3 is 9.47 Å². The van der Waals surface area contributed by atoms with Crippen LogP contribution in [-0.4, -0.2) is 33.4 Å². The molecular weight excluding hydrogens is 252 g/mol. The Bertz CT molecular complexity index is 666. The molecule has 1 aromatic heterocycles. The lowest BCUT2D eigenvalue weighted by Crippen LogP contribution is -2.35. The molecule has 1 amide bonds. The minimum Gasteiger partial charge on any atom is -0.342 e. The highest BCUT2D eigenvalue weighted by molar-refractivity contribution is 5.81. The van der Waals surface area contributed by atoms with Crippen molar-refractivity contribution in [3.05, 3.63) is 30.1 Å². The van der Waals surface area contributed by atoms with Gasteiger partial charge in [0.2, 0.25) is 5.91 Å². The molecule has 0 aliphatic rings. The van der Waals surface area contributed by atoms with E-state index in [2.05, 4.69) is 11.1 Å². The first-order valence-electron chi connectivity index (χ1n) is 6.61. The Balaban J connectivity index is 2.39. The summed E-state index contributed by atoms with van der Waals surface area (Å²) in [5, 5.41) is 8.90. The monoisotopic (exact) mass is 270 g/mol. The number of hydrogen-bond acceptors (Lipinski definition) is 3. The Morgan fingerprint density at radius 3 is 2.80 bits per heavy atom. The van der Waals surface area contributed by atoms with E-state index in [0.29, 0.717) is 5.82 Å². The summed E-state index contributed by atoms with van der Waals surface area (Å²) in [6.45, 7) is 4.16. The summed E-state index contributed by atoms with van der Waals surface area (Å²) in [6.07, 6.45) is 0.202. The van der Waals surface area contributed by atoms with E-state index in [4.69, 9.17) is 5.26 Å². The van der Waals surface area contributed by atoms with Gasteiger partial charge in [-0.25, -0.2) is 4.98 Å². The fraction of sp³-hybridized carbons (Fsp3) is 0.400. The molecule has 0 fully saturated rings. The first-order valence-corrected chi connectivity index (χ1v) is 6.61. The third-order valence-electron chi connectivity index (χ3n) is 3.43. The number of rotatable bonds is 4. The van der Waals surface area contributed by atoms with Crippen LogP contribution in [0.4, 0.5) is 0 Å². The molecule has 5 nitrogen and oxygen atoms in total. The molecule has 0 unspecified atom stereocenters. The van der Waals surface area contributed by atoms with E-state index in [-0.39, 0.29) is 24.9 Å². The lowest BCUT2D eigenvalue weighted by molar-refractivity contribution is -0.131. The highest BCUT2D eigenvalue weighted by atomic mass is 16.2. The molecule has 2 rings (SSSR count). The number of imidazole rings is 1. The number of amides is 1. The van der Waals surface area contributed by atoms with Crippen molar-refractivity contribution in [1.29, 1.82) is 5.26 Å². The van der Waals surface area contributed by atoms with Crippen molar-refractivity contribution >= 4 is 16.9 Å². The number of nitrogens with zero attached hydrogens (tertiary/aromatic N) is 4. The Morgan fingerprint density at radius 1 is 1.45 bits per heavy atom.